The number of carbonyl (C=O) groups is 3. The minimum atomic E-state index is -4.35. The van der Waals surface area contributed by atoms with Gasteiger partial charge in [0.1, 0.15) is 6.54 Å². The van der Waals surface area contributed by atoms with Crippen LogP contribution >= 0.6 is 23.2 Å². The molecule has 9 nitrogen and oxygen atoms in total. The number of amides is 3. The molecule has 12 heteroatoms. The Bertz CT molecular complexity index is 1230. The Balaban J connectivity index is 2.02. The van der Waals surface area contributed by atoms with Crippen molar-refractivity contribution in [2.75, 3.05) is 25.0 Å². The minimum Gasteiger partial charge on any atom is -0.450 e. The number of halogens is 2. The van der Waals surface area contributed by atoms with Gasteiger partial charge in [0.2, 0.25) is 5.91 Å². The van der Waals surface area contributed by atoms with Crippen molar-refractivity contribution in [3.05, 3.63) is 63.6 Å². The Morgan fingerprint density at radius 1 is 1.15 bits per heavy atom. The number of ether oxygens (including phenoxy) is 1. The highest BCUT2D eigenvalue weighted by atomic mass is 35.5. The van der Waals surface area contributed by atoms with Crippen molar-refractivity contribution in [1.82, 2.24) is 9.62 Å². The average Bonchev–Trinajstić information content (AvgIpc) is 2.90. The number of hydrogen-bond donors (Lipinski definition) is 2. The second-order valence-corrected chi connectivity index (χ2v) is 9.53. The van der Waals surface area contributed by atoms with Gasteiger partial charge in [-0.05, 0) is 55.5 Å². The molecule has 0 bridgehead atoms. The third-order valence-corrected chi connectivity index (χ3v) is 6.75. The molecule has 1 aliphatic heterocycles. The van der Waals surface area contributed by atoms with Crippen LogP contribution in [0.3, 0.4) is 0 Å². The van der Waals surface area contributed by atoms with E-state index in [9.17, 15) is 22.8 Å². The standard InChI is InChI=1S/C21H19Cl2N3O6S/c1-2-32-21(29)25-18-8-5-16(23)10-13(18)9-14-11-24-19(27)12-26(20(14)28)33(30,31)17-6-3-15(22)4-7-17/h3-10H,2,11-12H2,1H3,(H,24,27)(H,25,29). The van der Waals surface area contributed by atoms with Crippen LogP contribution in [0.1, 0.15) is 12.5 Å². The summed E-state index contributed by atoms with van der Waals surface area (Å²) in [4.78, 5) is 37.1. The van der Waals surface area contributed by atoms with Gasteiger partial charge in [0.05, 0.1) is 17.2 Å². The number of anilines is 1. The topological polar surface area (TPSA) is 122 Å². The predicted octanol–water partition coefficient (Wildman–Crippen LogP) is 3.29. The molecule has 3 amide bonds. The van der Waals surface area contributed by atoms with Gasteiger partial charge in [-0.15, -0.1) is 0 Å². The molecule has 0 aromatic heterocycles. The van der Waals surface area contributed by atoms with Crippen molar-refractivity contribution < 1.29 is 27.5 Å². The summed E-state index contributed by atoms with van der Waals surface area (Å²) in [5.74, 6) is -1.55. The maximum absolute atomic E-state index is 13.2. The summed E-state index contributed by atoms with van der Waals surface area (Å²) in [5.41, 5.74) is 0.562. The number of nitrogens with one attached hydrogen (secondary N) is 2. The normalized spacial score (nSPS) is 15.7. The fourth-order valence-corrected chi connectivity index (χ4v) is 4.62. The first kappa shape index (κ1) is 24.6. The Kier molecular flexibility index (Phi) is 7.62. The van der Waals surface area contributed by atoms with Gasteiger partial charge in [-0.2, -0.15) is 0 Å². The number of carbonyl (C=O) groups excluding carboxylic acids is 3. The first-order chi connectivity index (χ1) is 15.6. The molecule has 1 fully saturated rings. The predicted molar refractivity (Wildman–Crippen MR) is 123 cm³/mol. The van der Waals surface area contributed by atoms with Crippen molar-refractivity contribution in [2.45, 2.75) is 11.8 Å². The first-order valence-electron chi connectivity index (χ1n) is 9.65. The molecule has 33 heavy (non-hydrogen) atoms. The molecule has 0 aliphatic carbocycles. The molecular weight excluding hydrogens is 493 g/mol. The van der Waals surface area contributed by atoms with Gasteiger partial charge in [0.15, 0.2) is 0 Å². The molecule has 2 aromatic rings. The van der Waals surface area contributed by atoms with E-state index >= 15 is 0 Å². The molecule has 1 saturated heterocycles. The fourth-order valence-electron chi connectivity index (χ4n) is 2.96. The molecule has 0 atom stereocenters. The van der Waals surface area contributed by atoms with Crippen LogP contribution in [0.5, 0.6) is 0 Å². The van der Waals surface area contributed by atoms with Crippen LogP contribution in [0.15, 0.2) is 52.9 Å². The molecular formula is C21H19Cl2N3O6S. The summed E-state index contributed by atoms with van der Waals surface area (Å²) < 4.78 is 31.6. The van der Waals surface area contributed by atoms with Gasteiger partial charge in [-0.1, -0.05) is 23.2 Å². The first-order valence-corrected chi connectivity index (χ1v) is 11.8. The van der Waals surface area contributed by atoms with E-state index < -0.39 is 34.5 Å². The van der Waals surface area contributed by atoms with Crippen LogP contribution in [0.2, 0.25) is 10.0 Å². The van der Waals surface area contributed by atoms with Crippen LogP contribution in [-0.2, 0) is 24.3 Å². The van der Waals surface area contributed by atoms with E-state index in [1.807, 2.05) is 0 Å². The van der Waals surface area contributed by atoms with Crippen molar-refractivity contribution >= 4 is 62.9 Å². The third kappa shape index (κ3) is 5.84. The van der Waals surface area contributed by atoms with Crippen molar-refractivity contribution in [3.8, 4) is 0 Å². The SMILES string of the molecule is CCOC(=O)Nc1ccc(Cl)cc1C=C1CNC(=O)CN(S(=O)(=O)c2ccc(Cl)cc2)C1=O. The number of rotatable bonds is 5. The van der Waals surface area contributed by atoms with Crippen LogP contribution in [0.4, 0.5) is 10.5 Å². The molecule has 0 spiro atoms. The Morgan fingerprint density at radius 3 is 2.48 bits per heavy atom. The summed E-state index contributed by atoms with van der Waals surface area (Å²) in [6.45, 7) is 0.880. The largest absolute Gasteiger partial charge is 0.450 e. The molecule has 0 unspecified atom stereocenters. The van der Waals surface area contributed by atoms with Gasteiger partial charge in [0, 0.05) is 27.7 Å². The lowest BCUT2D eigenvalue weighted by Gasteiger charge is -2.20. The Labute approximate surface area is 200 Å². The number of hydrogen-bond acceptors (Lipinski definition) is 6. The van der Waals surface area contributed by atoms with E-state index in [-0.39, 0.29) is 29.3 Å². The van der Waals surface area contributed by atoms with E-state index in [1.54, 1.807) is 6.92 Å². The summed E-state index contributed by atoms with van der Waals surface area (Å²) in [6, 6.07) is 9.74. The van der Waals surface area contributed by atoms with Crippen LogP contribution in [-0.4, -0.2) is 50.3 Å². The zero-order valence-corrected chi connectivity index (χ0v) is 19.6. The summed E-state index contributed by atoms with van der Waals surface area (Å²) in [5, 5.41) is 5.66. The molecule has 2 aromatic carbocycles. The fraction of sp³-hybridized carbons (Fsp3) is 0.190. The molecule has 1 heterocycles. The van der Waals surface area contributed by atoms with Gasteiger partial charge in [-0.25, -0.2) is 17.5 Å². The quantitative estimate of drug-likeness (QED) is 0.593. The second kappa shape index (κ2) is 10.2. The van der Waals surface area contributed by atoms with Crippen molar-refractivity contribution in [3.63, 3.8) is 0 Å². The molecule has 2 N–H and O–H groups in total. The van der Waals surface area contributed by atoms with Crippen LogP contribution in [0, 0.1) is 0 Å². The maximum Gasteiger partial charge on any atom is 0.411 e. The zero-order valence-electron chi connectivity index (χ0n) is 17.3. The van der Waals surface area contributed by atoms with E-state index in [4.69, 9.17) is 27.9 Å². The second-order valence-electron chi connectivity index (χ2n) is 6.79. The monoisotopic (exact) mass is 511 g/mol. The van der Waals surface area contributed by atoms with Gasteiger partial charge in [0.25, 0.3) is 15.9 Å². The Hall–Kier alpha value is -3.08. The smallest absolute Gasteiger partial charge is 0.411 e. The number of sulfonamides is 1. The summed E-state index contributed by atoms with van der Waals surface area (Å²) >= 11 is 11.9. The lowest BCUT2D eigenvalue weighted by atomic mass is 10.1. The van der Waals surface area contributed by atoms with E-state index in [0.717, 1.165) is 0 Å². The van der Waals surface area contributed by atoms with Crippen molar-refractivity contribution in [2.24, 2.45) is 0 Å². The third-order valence-electron chi connectivity index (χ3n) is 4.52. The number of nitrogens with zero attached hydrogens (tertiary/aromatic N) is 1. The highest BCUT2D eigenvalue weighted by molar-refractivity contribution is 7.89. The average molecular weight is 512 g/mol. The molecule has 0 radical (unpaired) electrons. The highest BCUT2D eigenvalue weighted by Gasteiger charge is 2.35. The summed E-state index contributed by atoms with van der Waals surface area (Å²) in [6.07, 6.45) is 0.637. The lowest BCUT2D eigenvalue weighted by Crippen LogP contribution is -2.40. The van der Waals surface area contributed by atoms with E-state index in [2.05, 4.69) is 10.6 Å². The minimum absolute atomic E-state index is 0.0347. The molecule has 0 saturated carbocycles. The molecule has 1 aliphatic rings. The van der Waals surface area contributed by atoms with Gasteiger partial charge in [-0.3, -0.25) is 14.9 Å². The van der Waals surface area contributed by atoms with Crippen LogP contribution < -0.4 is 10.6 Å². The highest BCUT2D eigenvalue weighted by Crippen LogP contribution is 2.26. The molecule has 3 rings (SSSR count). The van der Waals surface area contributed by atoms with Gasteiger partial charge >= 0.3 is 6.09 Å². The molecule has 174 valence electrons. The Morgan fingerprint density at radius 2 is 1.82 bits per heavy atom. The van der Waals surface area contributed by atoms with Crippen molar-refractivity contribution in [1.29, 1.82) is 0 Å². The number of benzene rings is 2. The van der Waals surface area contributed by atoms with E-state index in [0.29, 0.717) is 19.9 Å². The van der Waals surface area contributed by atoms with Crippen LogP contribution in [0.25, 0.3) is 6.08 Å². The summed E-state index contributed by atoms with van der Waals surface area (Å²) in [7, 11) is -4.35. The van der Waals surface area contributed by atoms with Gasteiger partial charge < -0.3 is 10.1 Å². The zero-order chi connectivity index (χ0) is 24.2. The van der Waals surface area contributed by atoms with E-state index in [1.165, 1.54) is 48.5 Å². The maximum atomic E-state index is 13.2. The lowest BCUT2D eigenvalue weighted by molar-refractivity contribution is -0.127.